The zero-order valence-electron chi connectivity index (χ0n) is 10.3. The summed E-state index contributed by atoms with van der Waals surface area (Å²) in [6, 6.07) is 15.1. The van der Waals surface area contributed by atoms with Gasteiger partial charge in [0, 0.05) is 20.7 Å². The van der Waals surface area contributed by atoms with Gasteiger partial charge in [0.25, 0.3) is 0 Å². The molecule has 0 radical (unpaired) electrons. The third-order valence-corrected chi connectivity index (χ3v) is 3.51. The Bertz CT molecular complexity index is 646. The number of nitrogens with zero attached hydrogens (tertiary/aromatic N) is 1. The maximum absolute atomic E-state index is 5.89. The number of halogens is 2. The SMILES string of the molecule is S=C(N/N=C\c1ccccc1Br)Nc1cccc(Cl)c1. The van der Waals surface area contributed by atoms with Crippen molar-refractivity contribution in [3.63, 3.8) is 0 Å². The minimum atomic E-state index is 0.399. The molecule has 2 N–H and O–H groups in total. The molecule has 0 saturated carbocycles. The molecule has 0 amide bonds. The summed E-state index contributed by atoms with van der Waals surface area (Å²) in [6.07, 6.45) is 1.69. The third kappa shape index (κ3) is 4.59. The van der Waals surface area contributed by atoms with Crippen molar-refractivity contribution in [1.29, 1.82) is 0 Å². The lowest BCUT2D eigenvalue weighted by Crippen LogP contribution is -2.23. The first-order valence-electron chi connectivity index (χ1n) is 5.75. The first kappa shape index (κ1) is 15.0. The van der Waals surface area contributed by atoms with Crippen molar-refractivity contribution in [2.24, 2.45) is 5.10 Å². The van der Waals surface area contributed by atoms with Gasteiger partial charge in [0.05, 0.1) is 6.21 Å². The van der Waals surface area contributed by atoms with Crippen LogP contribution >= 0.6 is 39.7 Å². The fraction of sp³-hybridized carbons (Fsp3) is 0. The molecular formula is C14H11BrClN3S. The highest BCUT2D eigenvalue weighted by Crippen LogP contribution is 2.15. The molecule has 0 aliphatic rings. The Balaban J connectivity index is 1.91. The van der Waals surface area contributed by atoms with Gasteiger partial charge in [-0.3, -0.25) is 5.43 Å². The van der Waals surface area contributed by atoms with Crippen molar-refractivity contribution in [2.45, 2.75) is 0 Å². The monoisotopic (exact) mass is 367 g/mol. The Morgan fingerprint density at radius 2 is 2.00 bits per heavy atom. The van der Waals surface area contributed by atoms with Crippen molar-refractivity contribution < 1.29 is 0 Å². The lowest BCUT2D eigenvalue weighted by Gasteiger charge is -2.07. The molecule has 0 unspecified atom stereocenters. The smallest absolute Gasteiger partial charge is 0.191 e. The van der Waals surface area contributed by atoms with E-state index in [0.717, 1.165) is 15.7 Å². The summed E-state index contributed by atoms with van der Waals surface area (Å²) in [5.41, 5.74) is 4.53. The number of hydrogen-bond acceptors (Lipinski definition) is 2. The van der Waals surface area contributed by atoms with E-state index in [-0.39, 0.29) is 0 Å². The maximum atomic E-state index is 5.89. The number of anilines is 1. The summed E-state index contributed by atoms with van der Waals surface area (Å²) in [4.78, 5) is 0. The van der Waals surface area contributed by atoms with Crippen molar-refractivity contribution in [3.05, 3.63) is 63.6 Å². The van der Waals surface area contributed by atoms with Crippen molar-refractivity contribution in [2.75, 3.05) is 5.32 Å². The minimum Gasteiger partial charge on any atom is -0.331 e. The molecule has 102 valence electrons. The maximum Gasteiger partial charge on any atom is 0.191 e. The molecule has 20 heavy (non-hydrogen) atoms. The number of hydrazone groups is 1. The molecule has 0 saturated heterocycles. The lowest BCUT2D eigenvalue weighted by molar-refractivity contribution is 1.05. The van der Waals surface area contributed by atoms with Crippen LogP contribution in [0.25, 0.3) is 0 Å². The van der Waals surface area contributed by atoms with E-state index in [1.165, 1.54) is 0 Å². The molecular weight excluding hydrogens is 358 g/mol. The fourth-order valence-electron chi connectivity index (χ4n) is 1.47. The minimum absolute atomic E-state index is 0.399. The van der Waals surface area contributed by atoms with Crippen LogP contribution in [0.5, 0.6) is 0 Å². The molecule has 2 rings (SSSR count). The van der Waals surface area contributed by atoms with Crippen LogP contribution in [-0.4, -0.2) is 11.3 Å². The molecule has 0 atom stereocenters. The van der Waals surface area contributed by atoms with Crippen LogP contribution in [0.2, 0.25) is 5.02 Å². The molecule has 2 aromatic rings. The second kappa shape index (κ2) is 7.38. The third-order valence-electron chi connectivity index (χ3n) is 2.36. The van der Waals surface area contributed by atoms with E-state index in [1.54, 1.807) is 18.3 Å². The van der Waals surface area contributed by atoms with Crippen LogP contribution in [0.3, 0.4) is 0 Å². The van der Waals surface area contributed by atoms with E-state index < -0.39 is 0 Å². The Hall–Kier alpha value is -1.43. The predicted molar refractivity (Wildman–Crippen MR) is 92.5 cm³/mol. The number of nitrogens with one attached hydrogen (secondary N) is 2. The Morgan fingerprint density at radius 1 is 1.20 bits per heavy atom. The molecule has 3 nitrogen and oxygen atoms in total. The summed E-state index contributed by atoms with van der Waals surface area (Å²) in [7, 11) is 0. The lowest BCUT2D eigenvalue weighted by atomic mass is 10.2. The van der Waals surface area contributed by atoms with Gasteiger partial charge in [0.2, 0.25) is 0 Å². The van der Waals surface area contributed by atoms with Gasteiger partial charge in [-0.1, -0.05) is 51.8 Å². The van der Waals surface area contributed by atoms with E-state index >= 15 is 0 Å². The van der Waals surface area contributed by atoms with Crippen LogP contribution in [0, 0.1) is 0 Å². The van der Waals surface area contributed by atoms with E-state index in [4.69, 9.17) is 23.8 Å². The van der Waals surface area contributed by atoms with Gasteiger partial charge in [0.1, 0.15) is 0 Å². The van der Waals surface area contributed by atoms with Crippen LogP contribution in [0.15, 0.2) is 58.1 Å². The summed E-state index contributed by atoms with van der Waals surface area (Å²) < 4.78 is 0.972. The zero-order chi connectivity index (χ0) is 14.4. The molecule has 0 aliphatic heterocycles. The highest BCUT2D eigenvalue weighted by molar-refractivity contribution is 9.10. The fourth-order valence-corrected chi connectivity index (χ4v) is 2.21. The van der Waals surface area contributed by atoms with Crippen molar-refractivity contribution in [1.82, 2.24) is 5.43 Å². The van der Waals surface area contributed by atoms with Gasteiger partial charge in [-0.15, -0.1) is 0 Å². The average molecular weight is 369 g/mol. The highest BCUT2D eigenvalue weighted by Gasteiger charge is 1.97. The number of rotatable bonds is 3. The number of benzene rings is 2. The van der Waals surface area contributed by atoms with Gasteiger partial charge in [-0.25, -0.2) is 0 Å². The van der Waals surface area contributed by atoms with E-state index in [9.17, 15) is 0 Å². The molecule has 0 aliphatic carbocycles. The topological polar surface area (TPSA) is 36.4 Å². The molecule has 0 fully saturated rings. The van der Waals surface area contributed by atoms with Crippen LogP contribution in [-0.2, 0) is 0 Å². The van der Waals surface area contributed by atoms with Gasteiger partial charge >= 0.3 is 0 Å². The van der Waals surface area contributed by atoms with Gasteiger partial charge in [-0.2, -0.15) is 5.10 Å². The van der Waals surface area contributed by atoms with E-state index in [2.05, 4.69) is 31.8 Å². The summed E-state index contributed by atoms with van der Waals surface area (Å²) in [6.45, 7) is 0. The normalized spacial score (nSPS) is 10.5. The first-order chi connectivity index (χ1) is 9.65. The standard InChI is InChI=1S/C14H11BrClN3S/c15-13-7-2-1-4-10(13)9-17-19-14(20)18-12-6-3-5-11(16)8-12/h1-9H,(H2,18,19,20)/b17-9-. The average Bonchev–Trinajstić information content (AvgIpc) is 2.41. The summed E-state index contributed by atoms with van der Waals surface area (Å²) >= 11 is 14.5. The highest BCUT2D eigenvalue weighted by atomic mass is 79.9. The van der Waals surface area contributed by atoms with Crippen LogP contribution in [0.4, 0.5) is 5.69 Å². The summed E-state index contributed by atoms with van der Waals surface area (Å²) in [5.74, 6) is 0. The Labute approximate surface area is 136 Å². The molecule has 6 heteroatoms. The van der Waals surface area contributed by atoms with Crippen LogP contribution in [0.1, 0.15) is 5.56 Å². The Kier molecular flexibility index (Phi) is 5.52. The van der Waals surface area contributed by atoms with E-state index in [0.29, 0.717) is 10.1 Å². The van der Waals surface area contributed by atoms with Gasteiger partial charge in [0.15, 0.2) is 5.11 Å². The molecule has 0 heterocycles. The first-order valence-corrected chi connectivity index (χ1v) is 7.33. The van der Waals surface area contributed by atoms with Gasteiger partial charge < -0.3 is 5.32 Å². The van der Waals surface area contributed by atoms with Crippen LogP contribution < -0.4 is 10.7 Å². The number of thiocarbonyl (C=S) groups is 1. The summed E-state index contributed by atoms with van der Waals surface area (Å²) in [5, 5.41) is 8.12. The second-order valence-corrected chi connectivity index (χ2v) is 5.56. The number of hydrogen-bond donors (Lipinski definition) is 2. The van der Waals surface area contributed by atoms with Crippen molar-refractivity contribution in [3.8, 4) is 0 Å². The zero-order valence-corrected chi connectivity index (χ0v) is 13.5. The largest absolute Gasteiger partial charge is 0.331 e. The molecule has 2 aromatic carbocycles. The van der Waals surface area contributed by atoms with Gasteiger partial charge in [-0.05, 0) is 36.5 Å². The van der Waals surface area contributed by atoms with E-state index in [1.807, 2.05) is 36.4 Å². The quantitative estimate of drug-likeness (QED) is 0.478. The molecule has 0 spiro atoms. The molecule has 0 aromatic heterocycles. The second-order valence-electron chi connectivity index (χ2n) is 3.86. The molecule has 0 bridgehead atoms. The predicted octanol–water partition coefficient (Wildman–Crippen LogP) is 4.42. The Morgan fingerprint density at radius 3 is 2.75 bits per heavy atom. The van der Waals surface area contributed by atoms with Crippen molar-refractivity contribution >= 4 is 56.8 Å².